The molecule has 4 rings (SSSR count). The number of rotatable bonds is 10. The molecule has 1 saturated heterocycles. The Labute approximate surface area is 219 Å². The molecule has 0 spiro atoms. The smallest absolute Gasteiger partial charge is 0.310 e. The molecule has 3 heterocycles. The van der Waals surface area contributed by atoms with E-state index < -0.39 is 23.0 Å². The molecule has 37 heavy (non-hydrogen) atoms. The van der Waals surface area contributed by atoms with E-state index in [9.17, 15) is 14.3 Å². The van der Waals surface area contributed by atoms with Gasteiger partial charge in [-0.05, 0) is 51.9 Å². The number of carboxylic acid groups (broad SMARTS) is 1. The van der Waals surface area contributed by atoms with Crippen LogP contribution in [0.2, 0.25) is 5.02 Å². The minimum absolute atomic E-state index is 0.0329. The van der Waals surface area contributed by atoms with Gasteiger partial charge in [0.1, 0.15) is 17.5 Å². The Balaban J connectivity index is 1.55. The molecule has 0 saturated carbocycles. The highest BCUT2D eigenvalue weighted by molar-refractivity contribution is 6.30. The molecule has 3 aromatic rings. The third kappa shape index (κ3) is 6.26. The maximum absolute atomic E-state index is 15.5. The van der Waals surface area contributed by atoms with Crippen LogP contribution < -0.4 is 5.32 Å². The first-order valence-corrected chi connectivity index (χ1v) is 12.5. The number of likely N-dealkylation sites (tertiary alicyclic amines) is 1. The number of halogens is 3. The number of hydrogen-bond acceptors (Lipinski definition) is 6. The van der Waals surface area contributed by atoms with Crippen molar-refractivity contribution in [2.24, 2.45) is 5.41 Å². The normalized spacial score (nSPS) is 15.6. The van der Waals surface area contributed by atoms with E-state index in [1.807, 2.05) is 18.7 Å². The largest absolute Gasteiger partial charge is 0.481 e. The number of aryl methyl sites for hydroxylation is 1. The number of benzene rings is 1. The molecule has 1 aliphatic heterocycles. The van der Waals surface area contributed by atoms with Gasteiger partial charge in [-0.25, -0.2) is 13.8 Å². The van der Waals surface area contributed by atoms with E-state index in [2.05, 4.69) is 20.5 Å². The monoisotopic (exact) mass is 533 g/mol. The van der Waals surface area contributed by atoms with E-state index in [-0.39, 0.29) is 42.1 Å². The zero-order valence-corrected chi connectivity index (χ0v) is 21.5. The average Bonchev–Trinajstić information content (AvgIpc) is 3.28. The summed E-state index contributed by atoms with van der Waals surface area (Å²) in [6.07, 6.45) is 0.451. The molecule has 0 bridgehead atoms. The van der Waals surface area contributed by atoms with Crippen molar-refractivity contribution in [3.8, 4) is 0 Å². The number of H-pyrrole nitrogens is 1. The molecule has 1 fully saturated rings. The number of aromatic amines is 1. The van der Waals surface area contributed by atoms with Crippen LogP contribution in [-0.2, 0) is 29.1 Å². The zero-order valence-electron chi connectivity index (χ0n) is 20.8. The Hall–Kier alpha value is -3.08. The summed E-state index contributed by atoms with van der Waals surface area (Å²) >= 11 is 5.90. The second-order valence-electron chi connectivity index (χ2n) is 9.38. The first-order chi connectivity index (χ1) is 17.7. The van der Waals surface area contributed by atoms with Crippen molar-refractivity contribution in [1.29, 1.82) is 0 Å². The quantitative estimate of drug-likeness (QED) is 0.327. The van der Waals surface area contributed by atoms with Crippen LogP contribution in [0.15, 0.2) is 30.3 Å². The van der Waals surface area contributed by atoms with Gasteiger partial charge in [0.2, 0.25) is 0 Å². The van der Waals surface area contributed by atoms with Crippen LogP contribution >= 0.6 is 11.6 Å². The van der Waals surface area contributed by atoms with Gasteiger partial charge in [0.15, 0.2) is 5.82 Å². The third-order valence-electron chi connectivity index (χ3n) is 6.72. The fourth-order valence-electron chi connectivity index (χ4n) is 4.59. The molecule has 11 heteroatoms. The van der Waals surface area contributed by atoms with Crippen molar-refractivity contribution in [2.45, 2.75) is 46.3 Å². The standard InChI is InChI=1S/C26H30ClF2N5O3/c1-3-37-15-18-12-21(31-22-11-16(2)32-33-22)30-20(24(18)29)13-26(25(35)36)7-9-34(10-8-26)14-17-5-4-6-19(27)23(17)28/h4-6,11-12H,3,7-10,13-15H2,1-2H3,(H,35,36)(H2,30,31,32,33). The minimum atomic E-state index is -1.21. The van der Waals surface area contributed by atoms with Gasteiger partial charge in [-0.1, -0.05) is 23.7 Å². The molecule has 2 aromatic heterocycles. The Morgan fingerprint density at radius 2 is 1.97 bits per heavy atom. The molecule has 0 unspecified atom stereocenters. The summed E-state index contributed by atoms with van der Waals surface area (Å²) < 4.78 is 35.3. The zero-order chi connectivity index (χ0) is 26.6. The van der Waals surface area contributed by atoms with E-state index in [0.29, 0.717) is 43.4 Å². The van der Waals surface area contributed by atoms with Crippen molar-refractivity contribution < 1.29 is 23.4 Å². The number of carbonyl (C=O) groups is 1. The van der Waals surface area contributed by atoms with Crippen molar-refractivity contribution in [2.75, 3.05) is 25.0 Å². The number of piperidine rings is 1. The van der Waals surface area contributed by atoms with E-state index in [1.165, 1.54) is 6.07 Å². The Bertz CT molecular complexity index is 1260. The molecular formula is C26H30ClF2N5O3. The molecule has 8 nitrogen and oxygen atoms in total. The predicted molar refractivity (Wildman–Crippen MR) is 136 cm³/mol. The second-order valence-corrected chi connectivity index (χ2v) is 9.78. The number of aliphatic carboxylic acids is 1. The first kappa shape index (κ1) is 27.0. The van der Waals surface area contributed by atoms with Crippen LogP contribution in [0, 0.1) is 24.0 Å². The topological polar surface area (TPSA) is 103 Å². The van der Waals surface area contributed by atoms with Crippen molar-refractivity contribution in [3.05, 3.63) is 69.5 Å². The van der Waals surface area contributed by atoms with E-state index in [0.717, 1.165) is 5.69 Å². The fraction of sp³-hybridized carbons (Fsp3) is 0.423. The van der Waals surface area contributed by atoms with Crippen LogP contribution in [-0.4, -0.2) is 50.9 Å². The molecule has 1 aliphatic rings. The highest BCUT2D eigenvalue weighted by Gasteiger charge is 2.43. The Kier molecular flexibility index (Phi) is 8.41. The second kappa shape index (κ2) is 11.5. The van der Waals surface area contributed by atoms with Crippen LogP contribution in [0.3, 0.4) is 0 Å². The average molecular weight is 534 g/mol. The van der Waals surface area contributed by atoms with E-state index in [4.69, 9.17) is 16.3 Å². The predicted octanol–water partition coefficient (Wildman–Crippen LogP) is 5.23. The molecule has 0 atom stereocenters. The molecule has 0 radical (unpaired) electrons. The minimum Gasteiger partial charge on any atom is -0.481 e. The van der Waals surface area contributed by atoms with Crippen molar-refractivity contribution in [3.63, 3.8) is 0 Å². The number of ether oxygens (including phenoxy) is 1. The SMILES string of the molecule is CCOCc1cc(Nc2cc(C)[nH]n2)nc(CC2(C(=O)O)CCN(Cc3cccc(Cl)c3F)CC2)c1F. The lowest BCUT2D eigenvalue weighted by atomic mass is 9.74. The third-order valence-corrected chi connectivity index (χ3v) is 7.02. The number of nitrogens with one attached hydrogen (secondary N) is 2. The lowest BCUT2D eigenvalue weighted by Gasteiger charge is -2.39. The van der Waals surface area contributed by atoms with Gasteiger partial charge in [0.05, 0.1) is 22.7 Å². The van der Waals surface area contributed by atoms with Crippen molar-refractivity contribution >= 4 is 29.2 Å². The van der Waals surface area contributed by atoms with Gasteiger partial charge in [-0.2, -0.15) is 5.10 Å². The summed E-state index contributed by atoms with van der Waals surface area (Å²) in [4.78, 5) is 18.9. The molecule has 0 amide bonds. The summed E-state index contributed by atoms with van der Waals surface area (Å²) in [5.41, 5.74) is 0.436. The van der Waals surface area contributed by atoms with Gasteiger partial charge in [0.25, 0.3) is 0 Å². The number of carboxylic acids is 1. The maximum atomic E-state index is 15.5. The molecule has 0 aliphatic carbocycles. The highest BCUT2D eigenvalue weighted by atomic mass is 35.5. The molecule has 3 N–H and O–H groups in total. The fourth-order valence-corrected chi connectivity index (χ4v) is 4.78. The van der Waals surface area contributed by atoms with Gasteiger partial charge in [-0.15, -0.1) is 0 Å². The summed E-state index contributed by atoms with van der Waals surface area (Å²) in [7, 11) is 0. The molecule has 1 aromatic carbocycles. The Morgan fingerprint density at radius 1 is 1.22 bits per heavy atom. The van der Waals surface area contributed by atoms with Crippen molar-refractivity contribution in [1.82, 2.24) is 20.1 Å². The maximum Gasteiger partial charge on any atom is 0.310 e. The van der Waals surface area contributed by atoms with Gasteiger partial charge in [-0.3, -0.25) is 14.8 Å². The highest BCUT2D eigenvalue weighted by Crippen LogP contribution is 2.37. The summed E-state index contributed by atoms with van der Waals surface area (Å²) in [5.74, 6) is -1.17. The summed E-state index contributed by atoms with van der Waals surface area (Å²) in [5, 5.41) is 20.3. The number of pyridine rings is 1. The first-order valence-electron chi connectivity index (χ1n) is 12.1. The van der Waals surface area contributed by atoms with Crippen LogP contribution in [0.1, 0.15) is 42.3 Å². The summed E-state index contributed by atoms with van der Waals surface area (Å²) in [6, 6.07) is 8.17. The number of aromatic nitrogens is 3. The number of anilines is 2. The van der Waals surface area contributed by atoms with E-state index >= 15 is 4.39 Å². The summed E-state index contributed by atoms with van der Waals surface area (Å²) in [6.45, 7) is 5.24. The van der Waals surface area contributed by atoms with Gasteiger partial charge >= 0.3 is 5.97 Å². The van der Waals surface area contributed by atoms with Gasteiger partial charge in [0, 0.05) is 42.5 Å². The molecular weight excluding hydrogens is 504 g/mol. The molecule has 198 valence electrons. The lowest BCUT2D eigenvalue weighted by Crippen LogP contribution is -2.45. The van der Waals surface area contributed by atoms with Crippen LogP contribution in [0.5, 0.6) is 0 Å². The lowest BCUT2D eigenvalue weighted by molar-refractivity contribution is -0.152. The van der Waals surface area contributed by atoms with Crippen LogP contribution in [0.4, 0.5) is 20.4 Å². The number of hydrogen-bond donors (Lipinski definition) is 3. The van der Waals surface area contributed by atoms with E-state index in [1.54, 1.807) is 24.3 Å². The number of nitrogens with zero attached hydrogens (tertiary/aromatic N) is 3. The van der Waals surface area contributed by atoms with Crippen LogP contribution in [0.25, 0.3) is 0 Å². The Morgan fingerprint density at radius 3 is 2.62 bits per heavy atom. The van der Waals surface area contributed by atoms with Gasteiger partial charge < -0.3 is 15.2 Å².